The average molecular weight is 855 g/mol. The zero-order valence-electron chi connectivity index (χ0n) is 34.2. The van der Waals surface area contributed by atoms with E-state index in [1.807, 2.05) is 13.8 Å². The lowest BCUT2D eigenvalue weighted by Crippen LogP contribution is -2.41. The molecule has 18 heteroatoms. The van der Waals surface area contributed by atoms with Gasteiger partial charge in [0.15, 0.2) is 5.60 Å². The minimum absolute atomic E-state index is 0.0459. The molecule has 18 nitrogen and oxygen atoms in total. The Kier molecular flexibility index (Phi) is 12.2. The molecular formula is C44H42N2O16. The van der Waals surface area contributed by atoms with E-state index >= 15 is 0 Å². The molecule has 0 saturated carbocycles. The second-order valence-electron chi connectivity index (χ2n) is 15.1. The van der Waals surface area contributed by atoms with Gasteiger partial charge in [-0.05, 0) is 72.1 Å². The van der Waals surface area contributed by atoms with Gasteiger partial charge >= 0.3 is 41.8 Å². The zero-order valence-corrected chi connectivity index (χ0v) is 34.2. The van der Waals surface area contributed by atoms with E-state index in [2.05, 4.69) is 0 Å². The fraction of sp³-hybridized carbons (Fsp3) is 0.295. The third-order valence-corrected chi connectivity index (χ3v) is 10.3. The van der Waals surface area contributed by atoms with Crippen LogP contribution in [0.5, 0.6) is 23.0 Å². The Hall–Kier alpha value is -7.63. The summed E-state index contributed by atoms with van der Waals surface area (Å²) in [6, 6.07) is 17.2. The Morgan fingerprint density at radius 3 is 1.48 bits per heavy atom. The molecule has 1 heterocycles. The molecule has 62 heavy (non-hydrogen) atoms. The van der Waals surface area contributed by atoms with E-state index in [-0.39, 0.29) is 58.7 Å². The number of hydrogen-bond acceptors (Lipinski definition) is 14. The minimum Gasteiger partial charge on any atom is -0.488 e. The lowest BCUT2D eigenvalue weighted by molar-refractivity contribution is -0.138. The molecular weight excluding hydrogens is 812 g/mol. The van der Waals surface area contributed by atoms with Crippen LogP contribution in [0.2, 0.25) is 0 Å². The molecule has 1 aliphatic carbocycles. The highest BCUT2D eigenvalue weighted by molar-refractivity contribution is 5.99. The van der Waals surface area contributed by atoms with Gasteiger partial charge in [-0.25, -0.2) is 4.79 Å². The smallest absolute Gasteiger partial charge is 0.340 e. The Balaban J connectivity index is 1.50. The van der Waals surface area contributed by atoms with Crippen molar-refractivity contribution in [3.63, 3.8) is 0 Å². The van der Waals surface area contributed by atoms with Crippen molar-refractivity contribution in [2.45, 2.75) is 45.6 Å². The van der Waals surface area contributed by atoms with Crippen LogP contribution in [-0.4, -0.2) is 102 Å². The van der Waals surface area contributed by atoms with Crippen LogP contribution in [0.15, 0.2) is 66.7 Å². The number of hydrogen-bond donors (Lipinski definition) is 4. The van der Waals surface area contributed by atoms with Gasteiger partial charge in [-0.3, -0.25) is 28.8 Å². The first kappa shape index (κ1) is 43.9. The largest absolute Gasteiger partial charge is 0.488 e. The quantitative estimate of drug-likeness (QED) is 0.0654. The molecule has 0 unspecified atom stereocenters. The van der Waals surface area contributed by atoms with E-state index in [0.29, 0.717) is 27.8 Å². The van der Waals surface area contributed by atoms with Gasteiger partial charge in [0.1, 0.15) is 62.4 Å². The molecule has 0 atom stereocenters. The van der Waals surface area contributed by atoms with Gasteiger partial charge in [-0.2, -0.15) is 0 Å². The van der Waals surface area contributed by atoms with Crippen molar-refractivity contribution in [3.8, 4) is 23.0 Å². The fourth-order valence-electron chi connectivity index (χ4n) is 7.89. The molecule has 1 aliphatic heterocycles. The standard InChI is InChI=1S/C44H42N2O16/c1-23-6-11-34(45(19-38(49)50)20-39(51)52)36(14-23)58-12-13-59-37-18-31-28(17-35(37)46(21-40(53)54)22-41(55)56)42(57)62-44(31)29-9-7-26(60-24(2)47)15-32(29)43(4,5)33-16-27(61-25(3)48)8-10-30(33)44/h6-11,14-18H,12-13,19-22H2,1-5H3,(H,49,50)(H,51,52)(H,53,54)(H,55,56). The number of carbonyl (C=O) groups excluding carboxylic acids is 3. The SMILES string of the molecule is CC(=O)Oc1ccc2c(c1)C(C)(C)c1cc(OC(C)=O)ccc1C21OC(=O)c2cc(N(CC(=O)O)CC(=O)O)c(OCCOc3cc(C)ccc3N(CC(=O)O)CC(=O)O)cc21. The van der Waals surface area contributed by atoms with Crippen LogP contribution in [0.25, 0.3) is 0 Å². The molecule has 2 aliphatic rings. The summed E-state index contributed by atoms with van der Waals surface area (Å²) in [6.45, 7) is 4.57. The second kappa shape index (κ2) is 17.2. The lowest BCUT2D eigenvalue weighted by Gasteiger charge is -2.44. The fourth-order valence-corrected chi connectivity index (χ4v) is 7.89. The summed E-state index contributed by atoms with van der Waals surface area (Å²) in [6.07, 6.45) is 0. The first-order chi connectivity index (χ1) is 29.2. The molecule has 0 bridgehead atoms. The number of benzene rings is 4. The van der Waals surface area contributed by atoms with Gasteiger partial charge in [-0.1, -0.05) is 32.0 Å². The molecule has 0 saturated heterocycles. The van der Waals surface area contributed by atoms with E-state index in [0.717, 1.165) is 9.80 Å². The number of aryl methyl sites for hydroxylation is 1. The van der Waals surface area contributed by atoms with Crippen LogP contribution in [0, 0.1) is 6.92 Å². The minimum atomic E-state index is -1.73. The number of anilines is 2. The van der Waals surface area contributed by atoms with Gasteiger partial charge < -0.3 is 53.9 Å². The highest BCUT2D eigenvalue weighted by Crippen LogP contribution is 2.58. The Labute approximate surface area is 353 Å². The van der Waals surface area contributed by atoms with Crippen molar-refractivity contribution < 1.29 is 77.7 Å². The number of fused-ring (bicyclic) bond motifs is 6. The first-order valence-electron chi connectivity index (χ1n) is 19.0. The molecule has 0 aromatic heterocycles. The van der Waals surface area contributed by atoms with Gasteiger partial charge in [0.25, 0.3) is 0 Å². The number of carboxylic acid groups (broad SMARTS) is 4. The maximum absolute atomic E-state index is 14.2. The summed E-state index contributed by atoms with van der Waals surface area (Å²) in [5.41, 5.74) is 0.416. The van der Waals surface area contributed by atoms with Crippen LogP contribution in [-0.2, 0) is 44.5 Å². The number of carboxylic acids is 4. The summed E-state index contributed by atoms with van der Waals surface area (Å²) < 4.78 is 29.6. The molecule has 324 valence electrons. The van der Waals surface area contributed by atoms with Crippen LogP contribution in [0.1, 0.15) is 71.4 Å². The van der Waals surface area contributed by atoms with Gasteiger partial charge in [-0.15, -0.1) is 0 Å². The second-order valence-corrected chi connectivity index (χ2v) is 15.1. The van der Waals surface area contributed by atoms with E-state index in [4.69, 9.17) is 23.7 Å². The number of rotatable bonds is 17. The predicted molar refractivity (Wildman–Crippen MR) is 217 cm³/mol. The number of esters is 3. The number of nitrogens with zero attached hydrogens (tertiary/aromatic N) is 2. The van der Waals surface area contributed by atoms with Crippen molar-refractivity contribution in [1.82, 2.24) is 0 Å². The molecule has 0 amide bonds. The molecule has 0 radical (unpaired) electrons. The summed E-state index contributed by atoms with van der Waals surface area (Å²) in [5.74, 6) is -6.86. The van der Waals surface area contributed by atoms with Crippen molar-refractivity contribution in [3.05, 3.63) is 106 Å². The number of aliphatic carboxylic acids is 4. The van der Waals surface area contributed by atoms with E-state index in [1.165, 1.54) is 32.0 Å². The predicted octanol–water partition coefficient (Wildman–Crippen LogP) is 4.36. The molecule has 1 spiro atoms. The highest BCUT2D eigenvalue weighted by Gasteiger charge is 2.56. The summed E-state index contributed by atoms with van der Waals surface area (Å²) in [4.78, 5) is 87.8. The maximum Gasteiger partial charge on any atom is 0.340 e. The summed E-state index contributed by atoms with van der Waals surface area (Å²) in [7, 11) is 0. The third kappa shape index (κ3) is 8.79. The van der Waals surface area contributed by atoms with E-state index < -0.39 is 79.0 Å². The summed E-state index contributed by atoms with van der Waals surface area (Å²) >= 11 is 0. The first-order valence-corrected chi connectivity index (χ1v) is 19.0. The normalized spacial score (nSPS) is 13.7. The van der Waals surface area contributed by atoms with Crippen molar-refractivity contribution in [2.24, 2.45) is 0 Å². The Bertz CT molecular complexity index is 2430. The molecule has 6 rings (SSSR count). The van der Waals surface area contributed by atoms with Crippen LogP contribution in [0.3, 0.4) is 0 Å². The van der Waals surface area contributed by atoms with Crippen molar-refractivity contribution >= 4 is 53.2 Å². The van der Waals surface area contributed by atoms with E-state index in [1.54, 1.807) is 55.5 Å². The molecule has 4 aromatic carbocycles. The van der Waals surface area contributed by atoms with Crippen molar-refractivity contribution in [1.29, 1.82) is 0 Å². The average Bonchev–Trinajstić information content (AvgIpc) is 3.45. The molecule has 4 aromatic rings. The van der Waals surface area contributed by atoms with Crippen LogP contribution in [0.4, 0.5) is 11.4 Å². The lowest BCUT2D eigenvalue weighted by atomic mass is 9.61. The third-order valence-electron chi connectivity index (χ3n) is 10.3. The maximum atomic E-state index is 14.2. The highest BCUT2D eigenvalue weighted by atomic mass is 16.6. The number of carbonyl (C=O) groups is 7. The Morgan fingerprint density at radius 1 is 0.581 bits per heavy atom. The van der Waals surface area contributed by atoms with Gasteiger partial charge in [0, 0.05) is 36.0 Å². The van der Waals surface area contributed by atoms with Crippen molar-refractivity contribution in [2.75, 3.05) is 49.2 Å². The van der Waals surface area contributed by atoms with Crippen LogP contribution >= 0.6 is 0 Å². The zero-order chi connectivity index (χ0) is 45.3. The van der Waals surface area contributed by atoms with E-state index in [9.17, 15) is 54.0 Å². The summed E-state index contributed by atoms with van der Waals surface area (Å²) in [5, 5.41) is 38.6. The van der Waals surface area contributed by atoms with Crippen LogP contribution < -0.4 is 28.7 Å². The monoisotopic (exact) mass is 854 g/mol. The number of ether oxygens (including phenoxy) is 5. The van der Waals surface area contributed by atoms with Gasteiger partial charge in [0.2, 0.25) is 0 Å². The molecule has 4 N–H and O–H groups in total. The molecule has 0 fully saturated rings. The van der Waals surface area contributed by atoms with Gasteiger partial charge in [0.05, 0.1) is 16.9 Å². The Morgan fingerprint density at radius 2 is 1.03 bits per heavy atom. The topological polar surface area (TPSA) is 253 Å².